The molecule has 0 bridgehead atoms. The fourth-order valence-electron chi connectivity index (χ4n) is 0. The van der Waals surface area contributed by atoms with Gasteiger partial charge in [0, 0.05) is 26.2 Å². The zero-order valence-corrected chi connectivity index (χ0v) is 4.27. The Kier molecular flexibility index (Phi) is 1790. The molecule has 0 aliphatic rings. The van der Waals surface area contributed by atoms with Crippen LogP contribution in [0.4, 0.5) is 9.41 Å². The van der Waals surface area contributed by atoms with Crippen LogP contribution in [0.15, 0.2) is 0 Å². The average molecular weight is 149 g/mol. The van der Waals surface area contributed by atoms with Crippen LogP contribution in [0.3, 0.4) is 0 Å². The molecule has 28 valence electrons. The van der Waals surface area contributed by atoms with Crippen molar-refractivity contribution in [1.82, 2.24) is 0 Å². The maximum Gasteiger partial charge on any atom is 0 e. The van der Waals surface area contributed by atoms with Crippen molar-refractivity contribution in [3.8, 4) is 0 Å². The minimum Gasteiger partial charge on any atom is -0.412 e. The second-order valence-corrected chi connectivity index (χ2v) is 0. The third kappa shape index (κ3) is 15.9. The van der Waals surface area contributed by atoms with Gasteiger partial charge in [0.25, 0.3) is 0 Å². The van der Waals surface area contributed by atoms with Crippen molar-refractivity contribution in [3.05, 3.63) is 0 Å². The predicted octanol–water partition coefficient (Wildman–Crippen LogP) is -0.522. The standard InChI is InChI=1S/2FH.H2O.Zr/h2*1H;1H2;. The van der Waals surface area contributed by atoms with Gasteiger partial charge in [-0.25, -0.2) is 0 Å². The first-order chi connectivity index (χ1) is 0. The summed E-state index contributed by atoms with van der Waals surface area (Å²) in [5.74, 6) is 0. The number of halogens is 2. The van der Waals surface area contributed by atoms with Crippen molar-refractivity contribution in [1.29, 1.82) is 0 Å². The molecular formula is H4F2OZr. The molecule has 0 aromatic rings. The van der Waals surface area contributed by atoms with E-state index in [1.54, 1.807) is 0 Å². The molecule has 0 aromatic carbocycles. The van der Waals surface area contributed by atoms with E-state index in [2.05, 4.69) is 0 Å². The van der Waals surface area contributed by atoms with Gasteiger partial charge in [0.05, 0.1) is 0 Å². The van der Waals surface area contributed by atoms with Crippen LogP contribution in [0.5, 0.6) is 0 Å². The Balaban J connectivity index is 0. The molecule has 0 heterocycles. The molecule has 4 heteroatoms. The smallest absolute Gasteiger partial charge is 0 e. The summed E-state index contributed by atoms with van der Waals surface area (Å²) < 4.78 is 0. The second-order valence-electron chi connectivity index (χ2n) is 0. The fraction of sp³-hybridized carbons (Fsp3) is 0. The SMILES string of the molecule is F.F.O.[Zr]. The molecule has 0 rings (SSSR count). The summed E-state index contributed by atoms with van der Waals surface area (Å²) in [7, 11) is 0. The molecule has 0 saturated carbocycles. The van der Waals surface area contributed by atoms with Crippen molar-refractivity contribution < 1.29 is 41.1 Å². The maximum absolute atomic E-state index is 0. The summed E-state index contributed by atoms with van der Waals surface area (Å²) in [5.41, 5.74) is 0. The van der Waals surface area contributed by atoms with Crippen LogP contribution in [-0.2, 0) is 26.2 Å². The Bertz CT molecular complexity index is 6.00. The first-order valence-electron chi connectivity index (χ1n) is 0. The monoisotopic (exact) mass is 148 g/mol. The van der Waals surface area contributed by atoms with E-state index in [0.29, 0.717) is 0 Å². The first-order valence-corrected chi connectivity index (χ1v) is 0. The largest absolute Gasteiger partial charge is 0.412 e. The van der Waals surface area contributed by atoms with Crippen molar-refractivity contribution in [2.24, 2.45) is 0 Å². The average Bonchev–Trinajstić information content (AvgIpc) is 0. The zero-order valence-electron chi connectivity index (χ0n) is 1.82. The molecular weight excluding hydrogens is 145 g/mol. The van der Waals surface area contributed by atoms with Gasteiger partial charge in [-0.05, 0) is 0 Å². The van der Waals surface area contributed by atoms with Gasteiger partial charge in [-0.3, -0.25) is 9.41 Å². The minimum atomic E-state index is 0. The molecule has 0 fully saturated rings. The zero-order chi connectivity index (χ0) is 0. The van der Waals surface area contributed by atoms with E-state index in [4.69, 9.17) is 0 Å². The van der Waals surface area contributed by atoms with Crippen LogP contribution in [0.1, 0.15) is 0 Å². The summed E-state index contributed by atoms with van der Waals surface area (Å²) in [5, 5.41) is 0. The van der Waals surface area contributed by atoms with Gasteiger partial charge in [0.1, 0.15) is 0 Å². The Morgan fingerprint density at radius 2 is 0.750 bits per heavy atom. The Labute approximate surface area is 41.6 Å². The van der Waals surface area contributed by atoms with Gasteiger partial charge in [-0.1, -0.05) is 0 Å². The molecule has 0 unspecified atom stereocenters. The summed E-state index contributed by atoms with van der Waals surface area (Å²) >= 11 is 0. The van der Waals surface area contributed by atoms with E-state index >= 15 is 0 Å². The predicted molar refractivity (Wildman–Crippen MR) is 8.62 cm³/mol. The third-order valence-electron chi connectivity index (χ3n) is 0. The van der Waals surface area contributed by atoms with E-state index in [1.165, 1.54) is 0 Å². The van der Waals surface area contributed by atoms with Crippen LogP contribution in [0.2, 0.25) is 0 Å². The van der Waals surface area contributed by atoms with Gasteiger partial charge >= 0.3 is 0 Å². The topological polar surface area (TPSA) is 31.5 Å². The molecule has 0 radical (unpaired) electrons. The maximum atomic E-state index is 0. The minimum absolute atomic E-state index is 0. The Morgan fingerprint density at radius 1 is 0.750 bits per heavy atom. The fourth-order valence-corrected chi connectivity index (χ4v) is 0. The van der Waals surface area contributed by atoms with Crippen LogP contribution < -0.4 is 0 Å². The second kappa shape index (κ2) is 54.7. The molecule has 0 aromatic heterocycles. The van der Waals surface area contributed by atoms with Crippen molar-refractivity contribution in [3.63, 3.8) is 0 Å². The Morgan fingerprint density at radius 3 is 0.750 bits per heavy atom. The van der Waals surface area contributed by atoms with Crippen molar-refractivity contribution >= 4 is 0 Å². The van der Waals surface area contributed by atoms with Crippen LogP contribution in [0, 0.1) is 0 Å². The van der Waals surface area contributed by atoms with E-state index in [-0.39, 0.29) is 41.1 Å². The molecule has 0 saturated heterocycles. The molecule has 2 N–H and O–H groups in total. The van der Waals surface area contributed by atoms with E-state index < -0.39 is 0 Å². The van der Waals surface area contributed by atoms with Crippen molar-refractivity contribution in [2.45, 2.75) is 0 Å². The molecule has 0 amide bonds. The molecule has 0 atom stereocenters. The van der Waals surface area contributed by atoms with Crippen LogP contribution in [0.25, 0.3) is 0 Å². The van der Waals surface area contributed by atoms with E-state index in [1.807, 2.05) is 0 Å². The number of hydrogen-bond donors (Lipinski definition) is 0. The van der Waals surface area contributed by atoms with E-state index in [9.17, 15) is 0 Å². The van der Waals surface area contributed by atoms with Gasteiger partial charge in [-0.15, -0.1) is 0 Å². The first kappa shape index (κ1) is 130. The van der Waals surface area contributed by atoms with Crippen LogP contribution >= 0.6 is 0 Å². The quantitative estimate of drug-likeness (QED) is 0.444. The van der Waals surface area contributed by atoms with Crippen LogP contribution in [-0.4, -0.2) is 5.48 Å². The Hall–Kier alpha value is 0.703. The van der Waals surface area contributed by atoms with Gasteiger partial charge < -0.3 is 5.48 Å². The molecule has 0 aliphatic heterocycles. The number of rotatable bonds is 0. The molecule has 1 nitrogen and oxygen atoms in total. The van der Waals surface area contributed by atoms with Gasteiger partial charge in [0.2, 0.25) is 0 Å². The summed E-state index contributed by atoms with van der Waals surface area (Å²) in [6.45, 7) is 0. The third-order valence-corrected chi connectivity index (χ3v) is 0. The molecule has 0 aliphatic carbocycles. The summed E-state index contributed by atoms with van der Waals surface area (Å²) in [6, 6.07) is 0. The van der Waals surface area contributed by atoms with Gasteiger partial charge in [-0.2, -0.15) is 0 Å². The summed E-state index contributed by atoms with van der Waals surface area (Å²) in [4.78, 5) is 0. The number of hydrogen-bond acceptors (Lipinski definition) is 0. The normalized spacial score (nSPS) is 0. The molecule has 4 heavy (non-hydrogen) atoms. The van der Waals surface area contributed by atoms with E-state index in [0.717, 1.165) is 0 Å². The van der Waals surface area contributed by atoms with Gasteiger partial charge in [0.15, 0.2) is 0 Å². The molecule has 0 spiro atoms. The summed E-state index contributed by atoms with van der Waals surface area (Å²) in [6.07, 6.45) is 0. The van der Waals surface area contributed by atoms with Crippen molar-refractivity contribution in [2.75, 3.05) is 0 Å².